The SMILES string of the molecule is O=C(Nc1cccc(CSC2CCOCC2)c1)c1ccccc1Oc1cccnc1. The molecule has 4 rings (SSSR count). The van der Waals surface area contributed by atoms with Crippen LogP contribution in [0.15, 0.2) is 73.1 Å². The van der Waals surface area contributed by atoms with Crippen molar-refractivity contribution in [3.8, 4) is 11.5 Å². The molecule has 30 heavy (non-hydrogen) atoms. The first kappa shape index (κ1) is 20.4. The van der Waals surface area contributed by atoms with E-state index in [0.717, 1.165) is 37.5 Å². The summed E-state index contributed by atoms with van der Waals surface area (Å²) in [6.07, 6.45) is 5.51. The fraction of sp³-hybridized carbons (Fsp3) is 0.250. The topological polar surface area (TPSA) is 60.5 Å². The summed E-state index contributed by atoms with van der Waals surface area (Å²) in [5.41, 5.74) is 2.45. The van der Waals surface area contributed by atoms with Gasteiger partial charge < -0.3 is 14.8 Å². The molecule has 1 saturated heterocycles. The molecule has 154 valence electrons. The first-order chi connectivity index (χ1) is 14.8. The van der Waals surface area contributed by atoms with Gasteiger partial charge in [0.2, 0.25) is 0 Å². The third-order valence-electron chi connectivity index (χ3n) is 4.83. The second-order valence-corrected chi connectivity index (χ2v) is 8.35. The number of pyridine rings is 1. The highest BCUT2D eigenvalue weighted by atomic mass is 32.2. The Morgan fingerprint density at radius 1 is 1.10 bits per heavy atom. The van der Waals surface area contributed by atoms with Crippen LogP contribution in [0.25, 0.3) is 0 Å². The standard InChI is InChI=1S/C24H24N2O3S/c27-24(22-8-1-2-9-23(22)29-20-7-4-12-25-16-20)26-19-6-3-5-18(15-19)17-30-21-10-13-28-14-11-21/h1-9,12,15-16,21H,10-11,13-14,17H2,(H,26,27). The zero-order valence-electron chi connectivity index (χ0n) is 16.6. The van der Waals surface area contributed by atoms with Crippen LogP contribution < -0.4 is 10.1 Å². The number of hydrogen-bond acceptors (Lipinski definition) is 5. The molecule has 0 radical (unpaired) electrons. The number of carbonyl (C=O) groups is 1. The van der Waals surface area contributed by atoms with Crippen molar-refractivity contribution < 1.29 is 14.3 Å². The number of para-hydroxylation sites is 1. The minimum Gasteiger partial charge on any atom is -0.455 e. The summed E-state index contributed by atoms with van der Waals surface area (Å²) in [5, 5.41) is 3.65. The molecule has 0 saturated carbocycles. The second-order valence-electron chi connectivity index (χ2n) is 7.06. The molecule has 6 heteroatoms. The van der Waals surface area contributed by atoms with E-state index in [1.54, 1.807) is 36.7 Å². The Bertz CT molecular complexity index is 975. The number of carbonyl (C=O) groups excluding carboxylic acids is 1. The Balaban J connectivity index is 1.41. The predicted molar refractivity (Wildman–Crippen MR) is 120 cm³/mol. The van der Waals surface area contributed by atoms with Crippen LogP contribution in [0.1, 0.15) is 28.8 Å². The van der Waals surface area contributed by atoms with Crippen LogP contribution in [-0.4, -0.2) is 29.4 Å². The normalized spacial score (nSPS) is 14.3. The van der Waals surface area contributed by atoms with Gasteiger partial charge in [0.15, 0.2) is 0 Å². The number of anilines is 1. The Morgan fingerprint density at radius 3 is 2.80 bits per heavy atom. The molecule has 0 unspecified atom stereocenters. The fourth-order valence-electron chi connectivity index (χ4n) is 3.27. The molecule has 0 atom stereocenters. The number of rotatable bonds is 7. The Kier molecular flexibility index (Phi) is 7.00. The second kappa shape index (κ2) is 10.3. The van der Waals surface area contributed by atoms with Gasteiger partial charge in [-0.3, -0.25) is 9.78 Å². The monoisotopic (exact) mass is 420 g/mol. The predicted octanol–water partition coefficient (Wildman–Crippen LogP) is 5.54. The third kappa shape index (κ3) is 5.62. The van der Waals surface area contributed by atoms with E-state index in [1.807, 2.05) is 42.1 Å². The molecule has 1 aliphatic heterocycles. The Labute approximate surface area is 180 Å². The number of amides is 1. The minimum atomic E-state index is -0.205. The van der Waals surface area contributed by atoms with E-state index in [4.69, 9.17) is 9.47 Å². The summed E-state index contributed by atoms with van der Waals surface area (Å²) in [4.78, 5) is 17.0. The van der Waals surface area contributed by atoms with Gasteiger partial charge in [-0.15, -0.1) is 0 Å². The molecule has 2 aromatic carbocycles. The average molecular weight is 421 g/mol. The van der Waals surface area contributed by atoms with E-state index in [-0.39, 0.29) is 5.91 Å². The minimum absolute atomic E-state index is 0.205. The van der Waals surface area contributed by atoms with Crippen molar-refractivity contribution in [3.63, 3.8) is 0 Å². The first-order valence-electron chi connectivity index (χ1n) is 10.0. The quantitative estimate of drug-likeness (QED) is 0.544. The van der Waals surface area contributed by atoms with Gasteiger partial charge in [-0.1, -0.05) is 24.3 Å². The molecular weight excluding hydrogens is 396 g/mol. The smallest absolute Gasteiger partial charge is 0.259 e. The van der Waals surface area contributed by atoms with Gasteiger partial charge >= 0.3 is 0 Å². The van der Waals surface area contributed by atoms with Gasteiger partial charge in [0, 0.05) is 36.1 Å². The maximum absolute atomic E-state index is 12.9. The van der Waals surface area contributed by atoms with Crippen molar-refractivity contribution in [2.24, 2.45) is 0 Å². The van der Waals surface area contributed by atoms with Gasteiger partial charge in [-0.2, -0.15) is 11.8 Å². The molecule has 5 nitrogen and oxygen atoms in total. The Morgan fingerprint density at radius 2 is 1.97 bits per heavy atom. The van der Waals surface area contributed by atoms with E-state index in [1.165, 1.54) is 5.56 Å². The Hall–Kier alpha value is -2.83. The summed E-state index contributed by atoms with van der Waals surface area (Å²) >= 11 is 1.96. The van der Waals surface area contributed by atoms with Crippen LogP contribution in [-0.2, 0) is 10.5 Å². The van der Waals surface area contributed by atoms with Crippen LogP contribution in [0.3, 0.4) is 0 Å². The highest BCUT2D eigenvalue weighted by Gasteiger charge is 2.15. The molecule has 1 aromatic heterocycles. The van der Waals surface area contributed by atoms with Crippen LogP contribution in [0.4, 0.5) is 5.69 Å². The van der Waals surface area contributed by atoms with E-state index in [2.05, 4.69) is 16.4 Å². The summed E-state index contributed by atoms with van der Waals surface area (Å²) in [5.74, 6) is 1.80. The van der Waals surface area contributed by atoms with E-state index in [9.17, 15) is 4.79 Å². The number of nitrogens with zero attached hydrogens (tertiary/aromatic N) is 1. The molecule has 1 fully saturated rings. The van der Waals surface area contributed by atoms with Gasteiger partial charge in [0.25, 0.3) is 5.91 Å². The molecule has 0 spiro atoms. The first-order valence-corrected chi connectivity index (χ1v) is 11.1. The molecule has 0 aliphatic carbocycles. The lowest BCUT2D eigenvalue weighted by molar-refractivity contribution is 0.0999. The molecule has 0 bridgehead atoms. The van der Waals surface area contributed by atoms with E-state index < -0.39 is 0 Å². The number of ether oxygens (including phenoxy) is 2. The third-order valence-corrected chi connectivity index (χ3v) is 6.28. The van der Waals surface area contributed by atoms with E-state index in [0.29, 0.717) is 22.3 Å². The van der Waals surface area contributed by atoms with Crippen molar-refractivity contribution in [1.82, 2.24) is 4.98 Å². The molecule has 1 N–H and O–H groups in total. The lowest BCUT2D eigenvalue weighted by atomic mass is 10.1. The summed E-state index contributed by atoms with van der Waals surface area (Å²) in [6, 6.07) is 18.8. The van der Waals surface area contributed by atoms with E-state index >= 15 is 0 Å². The van der Waals surface area contributed by atoms with Gasteiger partial charge in [-0.05, 0) is 54.8 Å². The number of nitrogens with one attached hydrogen (secondary N) is 1. The van der Waals surface area contributed by atoms with Crippen molar-refractivity contribution in [2.45, 2.75) is 23.8 Å². The van der Waals surface area contributed by atoms with Gasteiger partial charge in [0.1, 0.15) is 11.5 Å². The highest BCUT2D eigenvalue weighted by molar-refractivity contribution is 7.99. The fourth-order valence-corrected chi connectivity index (χ4v) is 4.41. The molecular formula is C24H24N2O3S. The number of aromatic nitrogens is 1. The zero-order chi connectivity index (χ0) is 20.6. The van der Waals surface area contributed by atoms with Gasteiger partial charge in [-0.25, -0.2) is 0 Å². The summed E-state index contributed by atoms with van der Waals surface area (Å²) in [7, 11) is 0. The van der Waals surface area contributed by atoms with Crippen molar-refractivity contribution in [1.29, 1.82) is 0 Å². The van der Waals surface area contributed by atoms with Crippen LogP contribution in [0.2, 0.25) is 0 Å². The summed E-state index contributed by atoms with van der Waals surface area (Å²) < 4.78 is 11.3. The van der Waals surface area contributed by atoms with Crippen LogP contribution in [0, 0.1) is 0 Å². The van der Waals surface area contributed by atoms with Crippen LogP contribution >= 0.6 is 11.8 Å². The van der Waals surface area contributed by atoms with Crippen molar-refractivity contribution in [3.05, 3.63) is 84.2 Å². The number of benzene rings is 2. The average Bonchev–Trinajstić information content (AvgIpc) is 2.80. The maximum Gasteiger partial charge on any atom is 0.259 e. The maximum atomic E-state index is 12.9. The largest absolute Gasteiger partial charge is 0.455 e. The molecule has 3 aromatic rings. The highest BCUT2D eigenvalue weighted by Crippen LogP contribution is 2.28. The molecule has 2 heterocycles. The lowest BCUT2D eigenvalue weighted by Crippen LogP contribution is -2.17. The van der Waals surface area contributed by atoms with Crippen LogP contribution in [0.5, 0.6) is 11.5 Å². The van der Waals surface area contributed by atoms with Crippen molar-refractivity contribution >= 4 is 23.4 Å². The number of thioether (sulfide) groups is 1. The lowest BCUT2D eigenvalue weighted by Gasteiger charge is -2.21. The zero-order valence-corrected chi connectivity index (χ0v) is 17.4. The van der Waals surface area contributed by atoms with Crippen molar-refractivity contribution in [2.75, 3.05) is 18.5 Å². The molecule has 1 amide bonds. The van der Waals surface area contributed by atoms with Gasteiger partial charge in [0.05, 0.1) is 11.8 Å². The summed E-state index contributed by atoms with van der Waals surface area (Å²) in [6.45, 7) is 1.71. The number of hydrogen-bond donors (Lipinski definition) is 1. The molecule has 1 aliphatic rings.